The second-order valence-corrected chi connectivity index (χ2v) is 5.71. The molecule has 1 aliphatic heterocycles. The van der Waals surface area contributed by atoms with Crippen molar-refractivity contribution in [1.82, 2.24) is 5.32 Å². The normalized spacial score (nSPS) is 20.3. The predicted octanol–water partition coefficient (Wildman–Crippen LogP) is 2.68. The van der Waals surface area contributed by atoms with Crippen LogP contribution in [-0.4, -0.2) is 24.7 Å². The maximum absolute atomic E-state index is 12.1. The van der Waals surface area contributed by atoms with Gasteiger partial charge in [-0.3, -0.25) is 4.79 Å². The molecule has 0 spiro atoms. The molecule has 0 radical (unpaired) electrons. The van der Waals surface area contributed by atoms with Crippen molar-refractivity contribution in [2.45, 2.75) is 31.8 Å². The van der Waals surface area contributed by atoms with Crippen molar-refractivity contribution in [2.75, 3.05) is 6.54 Å². The molecule has 1 saturated heterocycles. The fraction of sp³-hybridized carbons (Fsp3) is 0.316. The van der Waals surface area contributed by atoms with E-state index in [1.807, 2.05) is 60.7 Å². The molecule has 0 saturated carbocycles. The first kappa shape index (κ1) is 15.7. The van der Waals surface area contributed by atoms with Crippen LogP contribution in [0.4, 0.5) is 0 Å². The van der Waals surface area contributed by atoms with Gasteiger partial charge in [-0.2, -0.15) is 0 Å². The summed E-state index contributed by atoms with van der Waals surface area (Å²) in [6.45, 7) is 1.56. The monoisotopic (exact) mass is 311 g/mol. The van der Waals surface area contributed by atoms with E-state index in [0.29, 0.717) is 26.2 Å². The first-order chi connectivity index (χ1) is 11.3. The molecule has 3 rings (SSSR count). The van der Waals surface area contributed by atoms with Gasteiger partial charge in [-0.25, -0.2) is 0 Å². The molecule has 0 aliphatic carbocycles. The molecule has 1 aliphatic rings. The molecule has 120 valence electrons. The fourth-order valence-electron chi connectivity index (χ4n) is 2.63. The van der Waals surface area contributed by atoms with E-state index < -0.39 is 0 Å². The highest BCUT2D eigenvalue weighted by Gasteiger charge is 2.31. The lowest BCUT2D eigenvalue weighted by Gasteiger charge is -2.12. The van der Waals surface area contributed by atoms with E-state index in [-0.39, 0.29) is 18.1 Å². The lowest BCUT2D eigenvalue weighted by Crippen LogP contribution is -2.32. The van der Waals surface area contributed by atoms with Crippen molar-refractivity contribution in [3.8, 4) is 0 Å². The van der Waals surface area contributed by atoms with Gasteiger partial charge in [-0.05, 0) is 11.1 Å². The Labute approximate surface area is 136 Å². The van der Waals surface area contributed by atoms with Crippen molar-refractivity contribution in [3.05, 3.63) is 71.8 Å². The Morgan fingerprint density at radius 1 is 0.957 bits per heavy atom. The van der Waals surface area contributed by atoms with Gasteiger partial charge < -0.3 is 14.8 Å². The van der Waals surface area contributed by atoms with Gasteiger partial charge in [0.2, 0.25) is 0 Å². The summed E-state index contributed by atoms with van der Waals surface area (Å²) in [5, 5.41) is 3.18. The number of esters is 1. The summed E-state index contributed by atoms with van der Waals surface area (Å²) in [5.41, 5.74) is 2.14. The summed E-state index contributed by atoms with van der Waals surface area (Å²) >= 11 is 0. The number of rotatable bonds is 6. The highest BCUT2D eigenvalue weighted by Crippen LogP contribution is 2.15. The van der Waals surface area contributed by atoms with E-state index in [9.17, 15) is 4.79 Å². The predicted molar refractivity (Wildman–Crippen MR) is 87.7 cm³/mol. The molecule has 1 fully saturated rings. The Kier molecular flexibility index (Phi) is 5.40. The molecule has 1 N–H and O–H groups in total. The molecule has 4 nitrogen and oxygen atoms in total. The molecule has 0 bridgehead atoms. The summed E-state index contributed by atoms with van der Waals surface area (Å²) in [7, 11) is 0. The van der Waals surface area contributed by atoms with E-state index in [4.69, 9.17) is 9.47 Å². The van der Waals surface area contributed by atoms with Gasteiger partial charge in [0.15, 0.2) is 0 Å². The van der Waals surface area contributed by atoms with Gasteiger partial charge in [0, 0.05) is 13.0 Å². The van der Waals surface area contributed by atoms with Crippen molar-refractivity contribution in [3.63, 3.8) is 0 Å². The lowest BCUT2D eigenvalue weighted by molar-refractivity contribution is -0.147. The fourth-order valence-corrected chi connectivity index (χ4v) is 2.63. The highest BCUT2D eigenvalue weighted by atomic mass is 16.5. The van der Waals surface area contributed by atoms with Gasteiger partial charge in [0.05, 0.1) is 12.7 Å². The van der Waals surface area contributed by atoms with Crippen LogP contribution in [0.3, 0.4) is 0 Å². The Morgan fingerprint density at radius 3 is 2.22 bits per heavy atom. The topological polar surface area (TPSA) is 47.6 Å². The van der Waals surface area contributed by atoms with E-state index in [0.717, 1.165) is 11.1 Å². The molecular weight excluding hydrogens is 290 g/mol. The van der Waals surface area contributed by atoms with Gasteiger partial charge in [-0.15, -0.1) is 0 Å². The minimum atomic E-state index is -0.278. The number of hydrogen-bond donors (Lipinski definition) is 1. The van der Waals surface area contributed by atoms with E-state index in [1.54, 1.807) is 0 Å². The largest absolute Gasteiger partial charge is 0.460 e. The zero-order valence-corrected chi connectivity index (χ0v) is 13.0. The molecule has 2 aromatic carbocycles. The molecule has 0 aromatic heterocycles. The zero-order chi connectivity index (χ0) is 15.9. The lowest BCUT2D eigenvalue weighted by atomic mass is 10.2. The summed E-state index contributed by atoms with van der Waals surface area (Å²) in [4.78, 5) is 12.1. The van der Waals surface area contributed by atoms with Crippen LogP contribution in [0, 0.1) is 0 Å². The van der Waals surface area contributed by atoms with Crippen molar-refractivity contribution < 1.29 is 14.3 Å². The summed E-state index contributed by atoms with van der Waals surface area (Å²) in [5.74, 6) is -0.209. The summed E-state index contributed by atoms with van der Waals surface area (Å²) in [6.07, 6.45) is 0.699. The minimum absolute atomic E-state index is 0.0458. The molecule has 4 heteroatoms. The molecule has 1 heterocycles. The van der Waals surface area contributed by atoms with Crippen LogP contribution in [0.25, 0.3) is 0 Å². The zero-order valence-electron chi connectivity index (χ0n) is 13.0. The molecule has 23 heavy (non-hydrogen) atoms. The van der Waals surface area contributed by atoms with Crippen LogP contribution < -0.4 is 5.32 Å². The van der Waals surface area contributed by atoms with Crippen LogP contribution in [-0.2, 0) is 27.5 Å². The number of nitrogens with one attached hydrogen (secondary N) is 1. The number of benzene rings is 2. The quantitative estimate of drug-likeness (QED) is 0.833. The van der Waals surface area contributed by atoms with Crippen molar-refractivity contribution >= 4 is 5.97 Å². The maximum Gasteiger partial charge on any atom is 0.323 e. The summed E-state index contributed by atoms with van der Waals surface area (Å²) < 4.78 is 11.2. The van der Waals surface area contributed by atoms with Gasteiger partial charge in [0.1, 0.15) is 12.6 Å². The van der Waals surface area contributed by atoms with Crippen LogP contribution >= 0.6 is 0 Å². The first-order valence-corrected chi connectivity index (χ1v) is 7.91. The second kappa shape index (κ2) is 7.90. The Morgan fingerprint density at radius 2 is 1.57 bits per heavy atom. The van der Waals surface area contributed by atoms with E-state index >= 15 is 0 Å². The van der Waals surface area contributed by atoms with Crippen LogP contribution in [0.1, 0.15) is 17.5 Å². The Bertz CT molecular complexity index is 615. The van der Waals surface area contributed by atoms with Crippen LogP contribution in [0.15, 0.2) is 60.7 Å². The number of carbonyl (C=O) groups excluding carboxylic acids is 1. The van der Waals surface area contributed by atoms with Crippen molar-refractivity contribution in [2.24, 2.45) is 0 Å². The average Bonchev–Trinajstić information content (AvgIpc) is 3.09. The van der Waals surface area contributed by atoms with Crippen LogP contribution in [0.5, 0.6) is 0 Å². The molecule has 2 atom stereocenters. The Balaban J connectivity index is 1.41. The smallest absolute Gasteiger partial charge is 0.323 e. The third-order valence-electron chi connectivity index (χ3n) is 3.93. The molecule has 0 amide bonds. The van der Waals surface area contributed by atoms with Gasteiger partial charge >= 0.3 is 5.97 Å². The van der Waals surface area contributed by atoms with E-state index in [1.165, 1.54) is 0 Å². The van der Waals surface area contributed by atoms with Crippen molar-refractivity contribution in [1.29, 1.82) is 0 Å². The number of ether oxygens (including phenoxy) is 2. The first-order valence-electron chi connectivity index (χ1n) is 7.91. The van der Waals surface area contributed by atoms with Crippen LogP contribution in [0.2, 0.25) is 0 Å². The minimum Gasteiger partial charge on any atom is -0.460 e. The summed E-state index contributed by atoms with van der Waals surface area (Å²) in [6, 6.07) is 19.5. The SMILES string of the molecule is O=C(OCc1ccccc1)C1CC(OCc2ccccc2)CN1. The second-order valence-electron chi connectivity index (χ2n) is 5.71. The van der Waals surface area contributed by atoms with Gasteiger partial charge in [-0.1, -0.05) is 60.7 Å². The van der Waals surface area contributed by atoms with Gasteiger partial charge in [0.25, 0.3) is 0 Å². The average molecular weight is 311 g/mol. The molecule has 2 unspecified atom stereocenters. The Hall–Kier alpha value is -2.17. The maximum atomic E-state index is 12.1. The standard InChI is InChI=1S/C19H21NO3/c21-19(23-14-16-9-5-2-6-10-16)18-11-17(12-20-18)22-13-15-7-3-1-4-8-15/h1-10,17-18,20H,11-14H2. The van der Waals surface area contributed by atoms with E-state index in [2.05, 4.69) is 5.32 Å². The number of carbonyl (C=O) groups is 1. The number of hydrogen-bond acceptors (Lipinski definition) is 4. The molecular formula is C19H21NO3. The third kappa shape index (κ3) is 4.65. The third-order valence-corrected chi connectivity index (χ3v) is 3.93. The molecule has 2 aromatic rings. The highest BCUT2D eigenvalue weighted by molar-refractivity contribution is 5.76.